The van der Waals surface area contributed by atoms with Crippen molar-refractivity contribution >= 4 is 37.6 Å². The first-order chi connectivity index (χ1) is 9.50. The highest BCUT2D eigenvalue weighted by atomic mass is 32.2. The van der Waals surface area contributed by atoms with Crippen molar-refractivity contribution in [3.8, 4) is 0 Å². The predicted molar refractivity (Wildman–Crippen MR) is 71.7 cm³/mol. The summed E-state index contributed by atoms with van der Waals surface area (Å²) in [6.45, 7) is 0. The van der Waals surface area contributed by atoms with Crippen LogP contribution in [-0.4, -0.2) is 25.4 Å². The molecule has 0 saturated carbocycles. The van der Waals surface area contributed by atoms with Gasteiger partial charge in [0.2, 0.25) is 15.0 Å². The van der Waals surface area contributed by atoms with Crippen molar-refractivity contribution in [3.63, 3.8) is 0 Å². The van der Waals surface area contributed by atoms with Crippen LogP contribution in [0.3, 0.4) is 0 Å². The maximum atomic E-state index is 12.4. The smallest absolute Gasteiger partial charge is 0.292 e. The summed E-state index contributed by atoms with van der Waals surface area (Å²) < 4.78 is 24.9. The van der Waals surface area contributed by atoms with Crippen LogP contribution in [-0.2, 0) is 19.4 Å². The summed E-state index contributed by atoms with van der Waals surface area (Å²) in [6, 6.07) is 11.7. The SMILES string of the molecule is O=C1N=C(S(=O)(=O)c2cccc3ccccc23)NC1=O. The van der Waals surface area contributed by atoms with Crippen LogP contribution in [0.1, 0.15) is 0 Å². The van der Waals surface area contributed by atoms with Crippen molar-refractivity contribution in [2.75, 3.05) is 0 Å². The number of nitrogens with zero attached hydrogens (tertiary/aromatic N) is 1. The number of carbonyl (C=O) groups excluding carboxylic acids is 2. The Balaban J connectivity index is 2.23. The minimum absolute atomic E-state index is 0.00403. The molecule has 3 rings (SSSR count). The molecule has 6 nitrogen and oxygen atoms in total. The van der Waals surface area contributed by atoms with Crippen LogP contribution in [0.4, 0.5) is 0 Å². The molecule has 2 aromatic rings. The summed E-state index contributed by atoms with van der Waals surface area (Å²) >= 11 is 0. The van der Waals surface area contributed by atoms with Crippen LogP contribution in [0.15, 0.2) is 52.4 Å². The number of aliphatic imine (C=N–C) groups is 1. The molecule has 7 heteroatoms. The van der Waals surface area contributed by atoms with E-state index >= 15 is 0 Å². The maximum Gasteiger partial charge on any atom is 0.337 e. The highest BCUT2D eigenvalue weighted by Crippen LogP contribution is 2.24. The van der Waals surface area contributed by atoms with Gasteiger partial charge < -0.3 is 0 Å². The van der Waals surface area contributed by atoms with Crippen molar-refractivity contribution in [3.05, 3.63) is 42.5 Å². The Morgan fingerprint density at radius 3 is 2.35 bits per heavy atom. The number of hydrogen-bond acceptors (Lipinski definition) is 4. The fraction of sp³-hybridized carbons (Fsp3) is 0. The van der Waals surface area contributed by atoms with Crippen LogP contribution >= 0.6 is 0 Å². The molecule has 2 amide bonds. The summed E-state index contributed by atoms with van der Waals surface area (Å²) in [5.41, 5.74) is 0. The largest absolute Gasteiger partial charge is 0.337 e. The topological polar surface area (TPSA) is 92.7 Å². The minimum atomic E-state index is -4.03. The number of amidine groups is 1. The van der Waals surface area contributed by atoms with Crippen LogP contribution in [0.2, 0.25) is 0 Å². The van der Waals surface area contributed by atoms with E-state index in [9.17, 15) is 18.0 Å². The van der Waals surface area contributed by atoms with Crippen molar-refractivity contribution in [1.82, 2.24) is 5.32 Å². The van der Waals surface area contributed by atoms with Gasteiger partial charge in [-0.1, -0.05) is 36.4 Å². The van der Waals surface area contributed by atoms with Crippen LogP contribution in [0.25, 0.3) is 10.8 Å². The Bertz CT molecular complexity index is 879. The molecule has 0 atom stereocenters. The molecule has 1 N–H and O–H groups in total. The Hall–Kier alpha value is -2.54. The molecule has 1 aliphatic heterocycles. The second-order valence-corrected chi connectivity index (χ2v) is 5.99. The first-order valence-electron chi connectivity index (χ1n) is 5.67. The van der Waals surface area contributed by atoms with Crippen LogP contribution < -0.4 is 5.32 Å². The van der Waals surface area contributed by atoms with Gasteiger partial charge in [-0.15, -0.1) is 0 Å². The van der Waals surface area contributed by atoms with Gasteiger partial charge in [-0.25, -0.2) is 8.42 Å². The van der Waals surface area contributed by atoms with Crippen LogP contribution in [0, 0.1) is 0 Å². The average molecular weight is 288 g/mol. The van der Waals surface area contributed by atoms with Gasteiger partial charge in [-0.2, -0.15) is 4.99 Å². The highest BCUT2D eigenvalue weighted by molar-refractivity contribution is 8.06. The van der Waals surface area contributed by atoms with E-state index in [0.29, 0.717) is 5.39 Å². The molecule has 1 aliphatic rings. The first-order valence-corrected chi connectivity index (χ1v) is 7.15. The first kappa shape index (κ1) is 12.5. The van der Waals surface area contributed by atoms with Crippen molar-refractivity contribution in [2.24, 2.45) is 4.99 Å². The second-order valence-electron chi connectivity index (χ2n) is 4.16. The van der Waals surface area contributed by atoms with Gasteiger partial charge in [0.25, 0.3) is 0 Å². The summed E-state index contributed by atoms with van der Waals surface area (Å²) in [7, 11) is -4.03. The van der Waals surface area contributed by atoms with E-state index < -0.39 is 26.8 Å². The quantitative estimate of drug-likeness (QED) is 0.779. The third-order valence-corrected chi connectivity index (χ3v) is 4.55. The number of carbonyl (C=O) groups is 2. The lowest BCUT2D eigenvalue weighted by Gasteiger charge is -2.07. The third-order valence-electron chi connectivity index (χ3n) is 2.91. The van der Waals surface area contributed by atoms with Gasteiger partial charge in [0.05, 0.1) is 4.90 Å². The van der Waals surface area contributed by atoms with Crippen LogP contribution in [0.5, 0.6) is 0 Å². The van der Waals surface area contributed by atoms with Gasteiger partial charge >= 0.3 is 11.8 Å². The second kappa shape index (κ2) is 4.24. The fourth-order valence-corrected chi connectivity index (χ4v) is 3.35. The maximum absolute atomic E-state index is 12.4. The van der Waals surface area contributed by atoms with E-state index in [1.54, 1.807) is 36.4 Å². The fourth-order valence-electron chi connectivity index (χ4n) is 1.98. The Morgan fingerprint density at radius 1 is 0.950 bits per heavy atom. The summed E-state index contributed by atoms with van der Waals surface area (Å²) in [4.78, 5) is 25.4. The zero-order chi connectivity index (χ0) is 14.3. The molecule has 0 radical (unpaired) electrons. The van der Waals surface area contributed by atoms with Gasteiger partial charge in [0.1, 0.15) is 0 Å². The zero-order valence-electron chi connectivity index (χ0n) is 10.0. The molecule has 1 heterocycles. The van der Waals surface area contributed by atoms with E-state index in [4.69, 9.17) is 0 Å². The molecular weight excluding hydrogens is 280 g/mol. The van der Waals surface area contributed by atoms with Gasteiger partial charge in [0, 0.05) is 5.39 Å². The van der Waals surface area contributed by atoms with Gasteiger partial charge in [-0.3, -0.25) is 14.9 Å². The molecule has 0 unspecified atom stereocenters. The number of nitrogens with one attached hydrogen (secondary N) is 1. The third kappa shape index (κ3) is 1.79. The molecule has 0 spiro atoms. The summed E-state index contributed by atoms with van der Waals surface area (Å²) in [5, 5.41) is 2.61. The normalized spacial score (nSPS) is 15.3. The monoisotopic (exact) mass is 288 g/mol. The standard InChI is InChI=1S/C13H8N2O4S/c16-11-12(17)15-13(14-11)20(18,19)10-7-3-5-8-4-1-2-6-9(8)10/h1-7H,(H,14,15,16,17). The molecule has 0 aromatic heterocycles. The number of fused-ring (bicyclic) bond motifs is 1. The number of amides is 2. The summed E-state index contributed by atoms with van der Waals surface area (Å²) in [6.07, 6.45) is 0. The predicted octanol–water partition coefficient (Wildman–Crippen LogP) is 0.626. The van der Waals surface area contributed by atoms with E-state index in [1.165, 1.54) is 6.07 Å². The number of hydrogen-bond donors (Lipinski definition) is 1. The lowest BCUT2D eigenvalue weighted by atomic mass is 10.1. The van der Waals surface area contributed by atoms with Crippen molar-refractivity contribution in [1.29, 1.82) is 0 Å². The highest BCUT2D eigenvalue weighted by Gasteiger charge is 2.34. The van der Waals surface area contributed by atoms with E-state index in [0.717, 1.165) is 5.39 Å². The van der Waals surface area contributed by atoms with E-state index in [-0.39, 0.29) is 4.90 Å². The zero-order valence-corrected chi connectivity index (χ0v) is 10.8. The van der Waals surface area contributed by atoms with E-state index in [1.807, 2.05) is 5.32 Å². The molecule has 0 bridgehead atoms. The van der Waals surface area contributed by atoms with E-state index in [2.05, 4.69) is 4.99 Å². The number of sulfone groups is 1. The molecule has 0 saturated heterocycles. The molecular formula is C13H8N2O4S. The molecule has 2 aromatic carbocycles. The molecule has 0 aliphatic carbocycles. The lowest BCUT2D eigenvalue weighted by molar-refractivity contribution is -0.135. The molecule has 20 heavy (non-hydrogen) atoms. The Morgan fingerprint density at radius 2 is 1.65 bits per heavy atom. The lowest BCUT2D eigenvalue weighted by Crippen LogP contribution is -2.32. The summed E-state index contributed by atoms with van der Waals surface area (Å²) in [5.74, 6) is -2.15. The Kier molecular flexibility index (Phi) is 2.65. The molecule has 0 fully saturated rings. The number of rotatable bonds is 1. The van der Waals surface area contributed by atoms with Gasteiger partial charge in [-0.05, 0) is 11.5 Å². The van der Waals surface area contributed by atoms with Crippen molar-refractivity contribution in [2.45, 2.75) is 4.90 Å². The number of benzene rings is 2. The minimum Gasteiger partial charge on any atom is -0.292 e. The van der Waals surface area contributed by atoms with Gasteiger partial charge in [0.15, 0.2) is 0 Å². The average Bonchev–Trinajstić information content (AvgIpc) is 2.79. The Labute approximate surface area is 114 Å². The van der Waals surface area contributed by atoms with Crippen molar-refractivity contribution < 1.29 is 18.0 Å². The molecule has 100 valence electrons.